The summed E-state index contributed by atoms with van der Waals surface area (Å²) in [5.41, 5.74) is 0. The molecule has 2 unspecified atom stereocenters. The van der Waals surface area contributed by atoms with Crippen LogP contribution in [-0.4, -0.2) is 110 Å². The Balaban J connectivity index is 2.39. The number of ether oxygens (including phenoxy) is 2. The number of unbranched alkanes of at least 4 members (excludes halogenated alkanes) is 27. The normalized spacial score (nSPS) is 21.8. The summed E-state index contributed by atoms with van der Waals surface area (Å²) in [6.07, 6.45) is 29.8. The molecule has 11 heteroatoms. The number of amides is 1. The Kier molecular flexibility index (Phi) is 36.5. The van der Waals surface area contributed by atoms with Crippen LogP contribution in [0, 0.1) is 0 Å². The smallest absolute Gasteiger partial charge is 0.249 e. The monoisotopic (exact) mass is 844 g/mol. The molecule has 1 saturated heterocycles. The van der Waals surface area contributed by atoms with Crippen LogP contribution in [0.15, 0.2) is 12.2 Å². The van der Waals surface area contributed by atoms with Gasteiger partial charge >= 0.3 is 0 Å². The molecule has 8 N–H and O–H groups in total. The molecule has 1 amide bonds. The van der Waals surface area contributed by atoms with E-state index in [2.05, 4.69) is 31.3 Å². The number of hydrogen-bond acceptors (Lipinski definition) is 10. The molecular weight excluding hydrogens is 751 g/mol. The number of carbonyl (C=O) groups excluding carboxylic acids is 1. The van der Waals surface area contributed by atoms with Crippen LogP contribution in [0.5, 0.6) is 0 Å². The fraction of sp³-hybridized carbons (Fsp3) is 0.938. The van der Waals surface area contributed by atoms with E-state index in [9.17, 15) is 40.5 Å². The van der Waals surface area contributed by atoms with Gasteiger partial charge in [0.05, 0.1) is 25.4 Å². The van der Waals surface area contributed by atoms with Gasteiger partial charge in [0.25, 0.3) is 0 Å². The highest BCUT2D eigenvalue weighted by Crippen LogP contribution is 2.23. The van der Waals surface area contributed by atoms with Crippen molar-refractivity contribution < 1.29 is 50.0 Å². The van der Waals surface area contributed by atoms with Gasteiger partial charge in [-0.3, -0.25) is 4.79 Å². The molecule has 0 spiro atoms. The van der Waals surface area contributed by atoms with Crippen LogP contribution in [0.25, 0.3) is 0 Å². The Labute approximate surface area is 360 Å². The summed E-state index contributed by atoms with van der Waals surface area (Å²) in [7, 11) is 0. The summed E-state index contributed by atoms with van der Waals surface area (Å²) in [6, 6.07) is -1.18. The van der Waals surface area contributed by atoms with Crippen LogP contribution >= 0.6 is 0 Å². The third-order valence-electron chi connectivity index (χ3n) is 12.1. The maximum Gasteiger partial charge on any atom is 0.249 e. The number of allylic oxidation sites excluding steroid dienone is 2. The summed E-state index contributed by atoms with van der Waals surface area (Å²) in [6.45, 7) is 3.42. The molecule has 11 nitrogen and oxygen atoms in total. The fourth-order valence-corrected chi connectivity index (χ4v) is 7.97. The average Bonchev–Trinajstić information content (AvgIpc) is 3.23. The van der Waals surface area contributed by atoms with Gasteiger partial charge in [-0.2, -0.15) is 0 Å². The molecule has 1 fully saturated rings. The molecule has 0 aromatic rings. The van der Waals surface area contributed by atoms with Crippen molar-refractivity contribution in [3.8, 4) is 0 Å². The third kappa shape index (κ3) is 28.2. The molecule has 1 aliphatic heterocycles. The standard InChI is InChI=1S/C48H93NO10/c1-3-5-7-9-11-13-15-17-18-19-20-21-22-23-24-26-28-30-32-34-36-41(52)47(57)49-39(38-58-48-46(56)45(55)44(54)42(37-50)59-48)43(53)40(51)35-33-31-29-27-25-16-14-12-10-8-6-4-2/h27,29,39-46,48,50-56H,3-26,28,30-38H2,1-2H3,(H,49,57)/b29-27+/t39-,40+,41+,42+,43-,44+,45?,46?,48+/m0/s1. The number of hydrogen-bond donors (Lipinski definition) is 8. The summed E-state index contributed by atoms with van der Waals surface area (Å²) < 4.78 is 11.1. The van der Waals surface area contributed by atoms with E-state index in [0.29, 0.717) is 12.8 Å². The van der Waals surface area contributed by atoms with E-state index in [4.69, 9.17) is 9.47 Å². The van der Waals surface area contributed by atoms with Crippen molar-refractivity contribution >= 4 is 5.91 Å². The number of nitrogens with one attached hydrogen (secondary N) is 1. The molecule has 1 rings (SSSR count). The van der Waals surface area contributed by atoms with Crippen molar-refractivity contribution in [2.45, 2.75) is 274 Å². The first-order chi connectivity index (χ1) is 28.7. The quantitative estimate of drug-likeness (QED) is 0.0219. The zero-order valence-corrected chi connectivity index (χ0v) is 37.7. The highest BCUT2D eigenvalue weighted by molar-refractivity contribution is 5.80. The van der Waals surface area contributed by atoms with Gasteiger partial charge in [0.2, 0.25) is 5.91 Å². The Morgan fingerprint density at radius 2 is 1.00 bits per heavy atom. The Hall–Kier alpha value is -1.15. The molecule has 0 saturated carbocycles. The highest BCUT2D eigenvalue weighted by Gasteiger charge is 2.44. The fourth-order valence-electron chi connectivity index (χ4n) is 7.97. The van der Waals surface area contributed by atoms with Crippen molar-refractivity contribution in [3.63, 3.8) is 0 Å². The van der Waals surface area contributed by atoms with Crippen LogP contribution in [0.4, 0.5) is 0 Å². The van der Waals surface area contributed by atoms with Crippen molar-refractivity contribution in [1.82, 2.24) is 5.32 Å². The minimum Gasteiger partial charge on any atom is -0.394 e. The van der Waals surface area contributed by atoms with Crippen LogP contribution in [0.3, 0.4) is 0 Å². The van der Waals surface area contributed by atoms with Gasteiger partial charge in [0.1, 0.15) is 36.6 Å². The average molecular weight is 844 g/mol. The second kappa shape index (κ2) is 38.5. The van der Waals surface area contributed by atoms with Gasteiger partial charge in [-0.15, -0.1) is 0 Å². The summed E-state index contributed by atoms with van der Waals surface area (Å²) in [5.74, 6) is -0.704. The van der Waals surface area contributed by atoms with Gasteiger partial charge < -0.3 is 50.5 Å². The van der Waals surface area contributed by atoms with Crippen LogP contribution in [-0.2, 0) is 14.3 Å². The predicted octanol–water partition coefficient (Wildman–Crippen LogP) is 8.45. The Morgan fingerprint density at radius 3 is 1.46 bits per heavy atom. The molecule has 0 bridgehead atoms. The molecule has 1 aliphatic rings. The first-order valence-corrected chi connectivity index (χ1v) is 24.6. The lowest BCUT2D eigenvalue weighted by Gasteiger charge is -2.40. The van der Waals surface area contributed by atoms with Crippen molar-refractivity contribution in [2.24, 2.45) is 0 Å². The van der Waals surface area contributed by atoms with E-state index < -0.39 is 74.2 Å². The van der Waals surface area contributed by atoms with Gasteiger partial charge in [-0.25, -0.2) is 0 Å². The predicted molar refractivity (Wildman–Crippen MR) is 238 cm³/mol. The molecule has 0 aliphatic carbocycles. The maximum absolute atomic E-state index is 13.1. The summed E-state index contributed by atoms with van der Waals surface area (Å²) >= 11 is 0. The van der Waals surface area contributed by atoms with Crippen molar-refractivity contribution in [2.75, 3.05) is 13.2 Å². The minimum atomic E-state index is -1.66. The van der Waals surface area contributed by atoms with Gasteiger partial charge in [0.15, 0.2) is 6.29 Å². The van der Waals surface area contributed by atoms with Gasteiger partial charge in [0, 0.05) is 0 Å². The lowest BCUT2D eigenvalue weighted by molar-refractivity contribution is -0.303. The largest absolute Gasteiger partial charge is 0.394 e. The van der Waals surface area contributed by atoms with Gasteiger partial charge in [-0.05, 0) is 38.5 Å². The van der Waals surface area contributed by atoms with Crippen LogP contribution in [0.2, 0.25) is 0 Å². The molecule has 350 valence electrons. The molecule has 0 aromatic heterocycles. The summed E-state index contributed by atoms with van der Waals surface area (Å²) in [4.78, 5) is 13.1. The molecule has 9 atom stereocenters. The molecule has 59 heavy (non-hydrogen) atoms. The zero-order chi connectivity index (χ0) is 43.4. The van der Waals surface area contributed by atoms with E-state index >= 15 is 0 Å². The van der Waals surface area contributed by atoms with E-state index in [0.717, 1.165) is 38.5 Å². The topological polar surface area (TPSA) is 189 Å². The first-order valence-electron chi connectivity index (χ1n) is 24.6. The van der Waals surface area contributed by atoms with Crippen LogP contribution < -0.4 is 5.32 Å². The van der Waals surface area contributed by atoms with Crippen molar-refractivity contribution in [3.05, 3.63) is 12.2 Å². The number of aliphatic hydroxyl groups excluding tert-OH is 7. The Morgan fingerprint density at radius 1 is 0.576 bits per heavy atom. The first kappa shape index (κ1) is 55.9. The highest BCUT2D eigenvalue weighted by atomic mass is 16.7. The number of carbonyl (C=O) groups is 1. The number of rotatable bonds is 41. The van der Waals surface area contributed by atoms with Gasteiger partial charge in [-0.1, -0.05) is 193 Å². The SMILES string of the molecule is CCCCCCCCC/C=C/CCC[C@@H](O)[C@@H](O)[C@H](CO[C@@H]1O[C@H](CO)[C@@H](O)C(O)C1O)NC(=O)[C@H](O)CCCCCCCCCCCCCCCCCCCCCC. The summed E-state index contributed by atoms with van der Waals surface area (Å²) in [5, 5.41) is 75.6. The second-order valence-corrected chi connectivity index (χ2v) is 17.5. The molecule has 1 heterocycles. The molecule has 0 radical (unpaired) electrons. The molecular formula is C48H93NO10. The maximum atomic E-state index is 13.1. The lowest BCUT2D eigenvalue weighted by atomic mass is 9.98. The van der Waals surface area contributed by atoms with E-state index in [1.54, 1.807) is 0 Å². The number of aliphatic hydroxyl groups is 7. The van der Waals surface area contributed by atoms with Crippen LogP contribution in [0.1, 0.15) is 219 Å². The Bertz CT molecular complexity index is 970. The third-order valence-corrected chi connectivity index (χ3v) is 12.1. The minimum absolute atomic E-state index is 0.259. The lowest BCUT2D eigenvalue weighted by Crippen LogP contribution is -2.60. The van der Waals surface area contributed by atoms with Crippen molar-refractivity contribution in [1.29, 1.82) is 0 Å². The van der Waals surface area contributed by atoms with E-state index in [1.165, 1.54) is 141 Å². The van der Waals surface area contributed by atoms with E-state index in [-0.39, 0.29) is 12.8 Å². The molecule has 0 aromatic carbocycles. The zero-order valence-electron chi connectivity index (χ0n) is 37.7. The van der Waals surface area contributed by atoms with E-state index in [1.807, 2.05) is 0 Å². The second-order valence-electron chi connectivity index (χ2n) is 17.5.